The number of ketones is 1. The van der Waals surface area contributed by atoms with E-state index in [9.17, 15) is 9.00 Å². The van der Waals surface area contributed by atoms with Crippen LogP contribution in [0.1, 0.15) is 48.8 Å². The van der Waals surface area contributed by atoms with Crippen LogP contribution in [0.15, 0.2) is 71.9 Å². The van der Waals surface area contributed by atoms with E-state index in [0.717, 1.165) is 41.1 Å². The van der Waals surface area contributed by atoms with Gasteiger partial charge in [-0.1, -0.05) is 57.2 Å². The highest BCUT2D eigenvalue weighted by molar-refractivity contribution is 7.85. The number of nitrogens with two attached hydrogens (primary N) is 1. The highest BCUT2D eigenvalue weighted by Crippen LogP contribution is 2.20. The quantitative estimate of drug-likeness (QED) is 0.264. The summed E-state index contributed by atoms with van der Waals surface area (Å²) in [6.45, 7) is 7.74. The third-order valence-electron chi connectivity index (χ3n) is 5.03. The van der Waals surface area contributed by atoms with Crippen LogP contribution in [0, 0.1) is 0 Å². The second-order valence-electron chi connectivity index (χ2n) is 8.00. The van der Waals surface area contributed by atoms with E-state index in [1.165, 1.54) is 12.3 Å². The Kier molecular flexibility index (Phi) is 8.63. The molecule has 0 aliphatic heterocycles. The molecule has 172 valence electrons. The predicted molar refractivity (Wildman–Crippen MR) is 134 cm³/mol. The number of allylic oxidation sites excluding steroid dienone is 1. The average molecular weight is 463 g/mol. The van der Waals surface area contributed by atoms with Crippen molar-refractivity contribution in [1.29, 1.82) is 0 Å². The molecule has 3 aromatic rings. The van der Waals surface area contributed by atoms with Gasteiger partial charge in [-0.3, -0.25) is 14.0 Å². The van der Waals surface area contributed by atoms with Crippen molar-refractivity contribution < 1.29 is 9.00 Å². The zero-order valence-corrected chi connectivity index (χ0v) is 20.1. The number of nitrogens with one attached hydrogen (secondary N) is 1. The molecule has 1 heterocycles. The van der Waals surface area contributed by atoms with Crippen LogP contribution in [0.4, 0.5) is 0 Å². The number of benzene rings is 2. The van der Waals surface area contributed by atoms with Crippen molar-refractivity contribution in [2.45, 2.75) is 43.9 Å². The maximum atomic E-state index is 12.8. The maximum absolute atomic E-state index is 12.8. The summed E-state index contributed by atoms with van der Waals surface area (Å²) >= 11 is 0. The number of nitrogens with zero attached hydrogens (tertiary/aromatic N) is 2. The summed E-state index contributed by atoms with van der Waals surface area (Å²) in [7, 11) is -1.06. The topological polar surface area (TPSA) is 98.0 Å². The Morgan fingerprint density at radius 3 is 2.42 bits per heavy atom. The zero-order valence-electron chi connectivity index (χ0n) is 19.2. The van der Waals surface area contributed by atoms with Crippen molar-refractivity contribution in [3.05, 3.63) is 83.8 Å². The Labute approximate surface area is 197 Å². The summed E-state index contributed by atoms with van der Waals surface area (Å²) < 4.78 is 12.3. The van der Waals surface area contributed by atoms with Gasteiger partial charge >= 0.3 is 0 Å². The number of rotatable bonds is 10. The van der Waals surface area contributed by atoms with E-state index in [-0.39, 0.29) is 16.7 Å². The molecule has 3 rings (SSSR count). The van der Waals surface area contributed by atoms with E-state index in [1.54, 1.807) is 6.20 Å². The largest absolute Gasteiger partial charge is 0.398 e. The standard InChI is InChI=1S/C26H30N4O2S/c1-4-13-28-15-19-5-7-20(8-6-19)23(27)14-26(31)25-17-29-16-24(30-25)21-9-11-22(12-10-21)33(32)18(2)3/h5-12,14,16-18,28H,4,13,15,27H2,1-3H3. The first-order chi connectivity index (χ1) is 15.9. The average Bonchev–Trinajstić information content (AvgIpc) is 2.84. The van der Waals surface area contributed by atoms with Gasteiger partial charge < -0.3 is 11.1 Å². The molecule has 1 atom stereocenters. The van der Waals surface area contributed by atoms with Crippen molar-refractivity contribution in [3.8, 4) is 11.3 Å². The lowest BCUT2D eigenvalue weighted by molar-refractivity contribution is 0.104. The van der Waals surface area contributed by atoms with Crippen LogP contribution in [-0.2, 0) is 17.3 Å². The van der Waals surface area contributed by atoms with Crippen LogP contribution >= 0.6 is 0 Å². The van der Waals surface area contributed by atoms with Crippen LogP contribution in [0.3, 0.4) is 0 Å². The Balaban J connectivity index is 1.73. The van der Waals surface area contributed by atoms with Crippen molar-refractivity contribution in [2.24, 2.45) is 5.73 Å². The number of aromatic nitrogens is 2. The van der Waals surface area contributed by atoms with Crippen LogP contribution in [-0.4, -0.2) is 31.8 Å². The number of carbonyl (C=O) groups is 1. The molecule has 33 heavy (non-hydrogen) atoms. The van der Waals surface area contributed by atoms with Gasteiger partial charge in [0.15, 0.2) is 0 Å². The van der Waals surface area contributed by atoms with Gasteiger partial charge in [0.25, 0.3) is 0 Å². The second kappa shape index (κ2) is 11.6. The van der Waals surface area contributed by atoms with Crippen LogP contribution in [0.5, 0.6) is 0 Å². The van der Waals surface area contributed by atoms with Gasteiger partial charge in [-0.25, -0.2) is 4.98 Å². The van der Waals surface area contributed by atoms with Crippen LogP contribution in [0.25, 0.3) is 17.0 Å². The molecule has 6 nitrogen and oxygen atoms in total. The highest BCUT2D eigenvalue weighted by Gasteiger charge is 2.12. The van der Waals surface area contributed by atoms with Crippen LogP contribution in [0.2, 0.25) is 0 Å². The lowest BCUT2D eigenvalue weighted by Crippen LogP contribution is -2.13. The smallest absolute Gasteiger partial charge is 0.207 e. The molecule has 1 unspecified atom stereocenters. The summed E-state index contributed by atoms with van der Waals surface area (Å²) in [4.78, 5) is 22.2. The van der Waals surface area contributed by atoms with E-state index in [2.05, 4.69) is 22.2 Å². The molecule has 0 aliphatic rings. The maximum Gasteiger partial charge on any atom is 0.207 e. The van der Waals surface area contributed by atoms with Gasteiger partial charge in [0.1, 0.15) is 5.69 Å². The summed E-state index contributed by atoms with van der Waals surface area (Å²) in [5.74, 6) is -0.312. The van der Waals surface area contributed by atoms with Gasteiger partial charge in [0.2, 0.25) is 5.78 Å². The molecule has 2 aromatic carbocycles. The van der Waals surface area contributed by atoms with Gasteiger partial charge in [0, 0.05) is 34.0 Å². The molecule has 0 spiro atoms. The summed E-state index contributed by atoms with van der Waals surface area (Å²) in [6, 6.07) is 15.1. The number of hydrogen-bond donors (Lipinski definition) is 2. The third kappa shape index (κ3) is 6.66. The lowest BCUT2D eigenvalue weighted by atomic mass is 10.1. The fraction of sp³-hybridized carbons (Fsp3) is 0.269. The highest BCUT2D eigenvalue weighted by atomic mass is 32.2. The molecule has 7 heteroatoms. The van der Waals surface area contributed by atoms with Gasteiger partial charge in [-0.05, 0) is 36.2 Å². The first-order valence-electron chi connectivity index (χ1n) is 11.0. The molecule has 0 aliphatic carbocycles. The zero-order chi connectivity index (χ0) is 23.8. The minimum Gasteiger partial charge on any atom is -0.398 e. The van der Waals surface area contributed by atoms with Crippen molar-refractivity contribution >= 4 is 22.3 Å². The molecule has 0 saturated heterocycles. The molecule has 0 fully saturated rings. The molecule has 0 radical (unpaired) electrons. The molecule has 1 aromatic heterocycles. The van der Waals surface area contributed by atoms with Crippen molar-refractivity contribution in [1.82, 2.24) is 15.3 Å². The first kappa shape index (κ1) is 24.5. The van der Waals surface area contributed by atoms with Gasteiger partial charge in [0.05, 0.1) is 28.9 Å². The normalized spacial score (nSPS) is 12.7. The lowest BCUT2D eigenvalue weighted by Gasteiger charge is -2.07. The van der Waals surface area contributed by atoms with E-state index in [4.69, 9.17) is 5.73 Å². The second-order valence-corrected chi connectivity index (χ2v) is 10.0. The minimum atomic E-state index is -1.06. The molecule has 0 saturated carbocycles. The van der Waals surface area contributed by atoms with Crippen molar-refractivity contribution in [3.63, 3.8) is 0 Å². The molecular weight excluding hydrogens is 432 g/mol. The monoisotopic (exact) mass is 462 g/mol. The SMILES string of the molecule is CCCNCc1ccc(C(N)=CC(=O)c2cncc(-c3ccc(S(=O)C(C)C)cc3)n2)cc1. The molecule has 0 amide bonds. The Bertz CT molecular complexity index is 1140. The molecule has 3 N–H and O–H groups in total. The predicted octanol–water partition coefficient (Wildman–Crippen LogP) is 4.34. The van der Waals surface area contributed by atoms with Gasteiger partial charge in [-0.2, -0.15) is 0 Å². The van der Waals surface area contributed by atoms with Crippen molar-refractivity contribution in [2.75, 3.05) is 6.54 Å². The van der Waals surface area contributed by atoms with E-state index >= 15 is 0 Å². The van der Waals surface area contributed by atoms with Gasteiger partial charge in [-0.15, -0.1) is 0 Å². The Hall–Kier alpha value is -3.16. The summed E-state index contributed by atoms with van der Waals surface area (Å²) in [5.41, 5.74) is 10.1. The molecule has 0 bridgehead atoms. The van der Waals surface area contributed by atoms with E-state index in [1.807, 2.05) is 62.4 Å². The third-order valence-corrected chi connectivity index (χ3v) is 6.62. The number of hydrogen-bond acceptors (Lipinski definition) is 6. The summed E-state index contributed by atoms with van der Waals surface area (Å²) in [5, 5.41) is 3.40. The Morgan fingerprint density at radius 1 is 1.09 bits per heavy atom. The molecular formula is C26H30N4O2S. The van der Waals surface area contributed by atoms with E-state index in [0.29, 0.717) is 11.4 Å². The Morgan fingerprint density at radius 2 is 1.79 bits per heavy atom. The fourth-order valence-electron chi connectivity index (χ4n) is 3.18. The summed E-state index contributed by atoms with van der Waals surface area (Å²) in [6.07, 6.45) is 5.50. The fourth-order valence-corrected chi connectivity index (χ4v) is 4.13. The van der Waals surface area contributed by atoms with Crippen LogP contribution < -0.4 is 11.1 Å². The number of carbonyl (C=O) groups excluding carboxylic acids is 1. The first-order valence-corrected chi connectivity index (χ1v) is 12.2. The minimum absolute atomic E-state index is 0.0442. The van der Waals surface area contributed by atoms with E-state index < -0.39 is 10.8 Å².